The molecule has 6 heteroatoms. The summed E-state index contributed by atoms with van der Waals surface area (Å²) >= 11 is 1.67. The van der Waals surface area contributed by atoms with Gasteiger partial charge in [-0.3, -0.25) is 4.98 Å². The zero-order chi connectivity index (χ0) is 14.5. The highest BCUT2D eigenvalue weighted by Crippen LogP contribution is 2.29. The Hall–Kier alpha value is -1.79. The molecule has 0 radical (unpaired) electrons. The highest BCUT2D eigenvalue weighted by atomic mass is 32.2. The van der Waals surface area contributed by atoms with Crippen molar-refractivity contribution >= 4 is 17.4 Å². The molecule has 2 N–H and O–H groups in total. The Morgan fingerprint density at radius 3 is 2.80 bits per heavy atom. The smallest absolute Gasteiger partial charge is 0.232 e. The summed E-state index contributed by atoms with van der Waals surface area (Å²) in [6, 6.07) is 6.01. The lowest BCUT2D eigenvalue weighted by molar-refractivity contribution is 0.289. The molecule has 1 aromatic carbocycles. The summed E-state index contributed by atoms with van der Waals surface area (Å²) in [5, 5.41) is 1.60. The molecule has 0 bridgehead atoms. The summed E-state index contributed by atoms with van der Waals surface area (Å²) in [6.07, 6.45) is 5.34. The van der Waals surface area contributed by atoms with E-state index in [-0.39, 0.29) is 0 Å². The minimum atomic E-state index is 0.409. The summed E-state index contributed by atoms with van der Waals surface area (Å²) in [5.41, 5.74) is 2.82. The number of nitrogens with zero attached hydrogens (tertiary/aromatic N) is 3. The number of rotatable bonds is 5. The van der Waals surface area contributed by atoms with Crippen LogP contribution in [0.3, 0.4) is 0 Å². The van der Waals surface area contributed by atoms with E-state index in [2.05, 4.69) is 16.0 Å². The highest BCUT2D eigenvalue weighted by Gasteiger charge is 2.11. The van der Waals surface area contributed by atoms with Crippen LogP contribution in [0.5, 0.6) is 5.88 Å². The fourth-order valence-electron chi connectivity index (χ4n) is 1.88. The van der Waals surface area contributed by atoms with Crippen LogP contribution in [0.4, 0.5) is 5.69 Å². The van der Waals surface area contributed by atoms with E-state index >= 15 is 0 Å². The Labute approximate surface area is 123 Å². The number of hydrogen-bond donors (Lipinski definition) is 1. The second-order valence-electron chi connectivity index (χ2n) is 4.36. The Balaban J connectivity index is 2.24. The van der Waals surface area contributed by atoms with E-state index < -0.39 is 0 Å². The van der Waals surface area contributed by atoms with E-state index in [1.807, 2.05) is 32.4 Å². The molecule has 0 saturated heterocycles. The van der Waals surface area contributed by atoms with Crippen LogP contribution in [0.15, 0.2) is 35.5 Å². The van der Waals surface area contributed by atoms with Crippen LogP contribution in [-0.2, 0) is 6.61 Å². The predicted octanol–water partition coefficient (Wildman–Crippen LogP) is 2.40. The fraction of sp³-hybridized carbons (Fsp3) is 0.286. The Bertz CT molecular complexity index is 589. The van der Waals surface area contributed by atoms with Crippen molar-refractivity contribution in [1.82, 2.24) is 9.97 Å². The number of thioether (sulfide) groups is 1. The summed E-state index contributed by atoms with van der Waals surface area (Å²) in [7, 11) is 1.81. The molecule has 0 spiro atoms. The topological polar surface area (TPSA) is 64.3 Å². The molecule has 5 nitrogen and oxygen atoms in total. The van der Waals surface area contributed by atoms with Crippen LogP contribution in [0.2, 0.25) is 0 Å². The van der Waals surface area contributed by atoms with E-state index in [9.17, 15) is 0 Å². The number of anilines is 1. The number of hydrazine groups is 1. The summed E-state index contributed by atoms with van der Waals surface area (Å²) in [4.78, 5) is 9.49. The molecule has 0 unspecified atom stereocenters. The molecular formula is C14H18N4OS. The molecular weight excluding hydrogens is 272 g/mol. The van der Waals surface area contributed by atoms with E-state index in [0.717, 1.165) is 21.8 Å². The van der Waals surface area contributed by atoms with Crippen molar-refractivity contribution in [2.24, 2.45) is 5.84 Å². The number of ether oxygens (including phenoxy) is 1. The first-order valence-corrected chi connectivity index (χ1v) is 7.40. The number of benzene rings is 1. The van der Waals surface area contributed by atoms with Crippen LogP contribution in [-0.4, -0.2) is 23.3 Å². The molecule has 1 heterocycles. The third-order valence-corrected chi connectivity index (χ3v) is 3.63. The fourth-order valence-corrected chi connectivity index (χ4v) is 2.50. The minimum Gasteiger partial charge on any atom is -0.472 e. The van der Waals surface area contributed by atoms with Gasteiger partial charge in [0, 0.05) is 23.7 Å². The molecule has 1 aromatic heterocycles. The van der Waals surface area contributed by atoms with Gasteiger partial charge in [-0.15, -0.1) is 11.8 Å². The number of hydrogen-bond acceptors (Lipinski definition) is 6. The van der Waals surface area contributed by atoms with E-state index in [0.29, 0.717) is 12.5 Å². The molecule has 0 atom stereocenters. The van der Waals surface area contributed by atoms with Crippen molar-refractivity contribution in [3.8, 4) is 5.88 Å². The second kappa shape index (κ2) is 6.58. The number of nitrogens with two attached hydrogens (primary N) is 1. The van der Waals surface area contributed by atoms with Gasteiger partial charge in [-0.2, -0.15) is 0 Å². The molecule has 2 aromatic rings. The molecule has 0 fully saturated rings. The third kappa shape index (κ3) is 3.40. The van der Waals surface area contributed by atoms with Gasteiger partial charge in [0.1, 0.15) is 6.61 Å². The Kier molecular flexibility index (Phi) is 4.81. The van der Waals surface area contributed by atoms with Gasteiger partial charge >= 0.3 is 0 Å². The largest absolute Gasteiger partial charge is 0.472 e. The minimum absolute atomic E-state index is 0.409. The lowest BCUT2D eigenvalue weighted by Crippen LogP contribution is -2.26. The summed E-state index contributed by atoms with van der Waals surface area (Å²) in [6.45, 7) is 2.29. The second-order valence-corrected chi connectivity index (χ2v) is 5.20. The first kappa shape index (κ1) is 14.6. The van der Waals surface area contributed by atoms with E-state index in [4.69, 9.17) is 10.6 Å². The van der Waals surface area contributed by atoms with Gasteiger partial charge in [0.2, 0.25) is 5.88 Å². The van der Waals surface area contributed by atoms with Gasteiger partial charge in [0.15, 0.2) is 0 Å². The zero-order valence-electron chi connectivity index (χ0n) is 11.8. The molecule has 2 rings (SSSR count). The normalized spacial score (nSPS) is 10.4. The third-order valence-electron chi connectivity index (χ3n) is 2.81. The summed E-state index contributed by atoms with van der Waals surface area (Å²) < 4.78 is 5.74. The van der Waals surface area contributed by atoms with Gasteiger partial charge in [-0.25, -0.2) is 10.8 Å². The number of aromatic nitrogens is 2. The van der Waals surface area contributed by atoms with Crippen LogP contribution < -0.4 is 15.6 Å². The molecule has 0 aliphatic heterocycles. The van der Waals surface area contributed by atoms with Gasteiger partial charge in [0.25, 0.3) is 0 Å². The number of aryl methyl sites for hydroxylation is 1. The van der Waals surface area contributed by atoms with Crippen LogP contribution in [0, 0.1) is 6.92 Å². The molecule has 0 aliphatic rings. The van der Waals surface area contributed by atoms with Crippen molar-refractivity contribution in [2.45, 2.75) is 18.4 Å². The standard InChI is InChI=1S/C14H18N4OS/c1-10-7-16-8-14(17-10)19-9-11-12(18(2)15)5-4-6-13(11)20-3/h4-8H,9,15H2,1-3H3. The van der Waals surface area contributed by atoms with Crippen LogP contribution in [0.25, 0.3) is 0 Å². The molecule has 20 heavy (non-hydrogen) atoms. The van der Waals surface area contributed by atoms with E-state index in [1.54, 1.807) is 29.2 Å². The first-order valence-electron chi connectivity index (χ1n) is 6.17. The molecule has 0 saturated carbocycles. The lowest BCUT2D eigenvalue weighted by atomic mass is 10.2. The van der Waals surface area contributed by atoms with Crippen LogP contribution in [0.1, 0.15) is 11.3 Å². The molecule has 0 aliphatic carbocycles. The van der Waals surface area contributed by atoms with Gasteiger partial charge in [-0.1, -0.05) is 6.07 Å². The Morgan fingerprint density at radius 2 is 2.15 bits per heavy atom. The zero-order valence-corrected chi connectivity index (χ0v) is 12.6. The first-order chi connectivity index (χ1) is 9.61. The van der Waals surface area contributed by atoms with Crippen molar-refractivity contribution < 1.29 is 4.74 Å². The monoisotopic (exact) mass is 290 g/mol. The van der Waals surface area contributed by atoms with Gasteiger partial charge in [0.05, 0.1) is 17.6 Å². The lowest BCUT2D eigenvalue weighted by Gasteiger charge is -2.19. The van der Waals surface area contributed by atoms with Crippen molar-refractivity contribution in [2.75, 3.05) is 18.3 Å². The predicted molar refractivity (Wildman–Crippen MR) is 81.9 cm³/mol. The van der Waals surface area contributed by atoms with E-state index in [1.165, 1.54) is 0 Å². The highest BCUT2D eigenvalue weighted by molar-refractivity contribution is 7.98. The average molecular weight is 290 g/mol. The Morgan fingerprint density at radius 1 is 1.35 bits per heavy atom. The maximum atomic E-state index is 5.87. The SMILES string of the molecule is CSc1cccc(N(C)N)c1COc1cncc(C)n1. The average Bonchev–Trinajstić information content (AvgIpc) is 2.44. The molecule has 0 amide bonds. The quantitative estimate of drug-likeness (QED) is 0.518. The summed E-state index contributed by atoms with van der Waals surface area (Å²) in [5.74, 6) is 6.39. The maximum absolute atomic E-state index is 5.87. The van der Waals surface area contributed by atoms with Crippen molar-refractivity contribution in [1.29, 1.82) is 0 Å². The van der Waals surface area contributed by atoms with Gasteiger partial charge in [-0.05, 0) is 25.3 Å². The van der Waals surface area contributed by atoms with Crippen molar-refractivity contribution in [3.05, 3.63) is 41.9 Å². The molecule has 106 valence electrons. The maximum Gasteiger partial charge on any atom is 0.232 e. The van der Waals surface area contributed by atoms with Gasteiger partial charge < -0.3 is 9.75 Å². The van der Waals surface area contributed by atoms with Crippen LogP contribution >= 0.6 is 11.8 Å². The van der Waals surface area contributed by atoms with Crippen molar-refractivity contribution in [3.63, 3.8) is 0 Å².